The number of aromatic carboxylic acids is 1. The fourth-order valence-corrected chi connectivity index (χ4v) is 1.59. The number of aromatic nitrogens is 2. The van der Waals surface area contributed by atoms with E-state index >= 15 is 0 Å². The summed E-state index contributed by atoms with van der Waals surface area (Å²) in [5.74, 6) is -0.478. The highest BCUT2D eigenvalue weighted by molar-refractivity contribution is 9.10. The second-order valence-electron chi connectivity index (χ2n) is 2.19. The third-order valence-corrected chi connectivity index (χ3v) is 2.18. The zero-order valence-corrected chi connectivity index (χ0v) is 8.21. The van der Waals surface area contributed by atoms with E-state index in [1.54, 1.807) is 14.1 Å². The van der Waals surface area contributed by atoms with Crippen LogP contribution in [0, 0.1) is 0 Å². The molecule has 0 aliphatic carbocycles. The Morgan fingerprint density at radius 2 is 2.33 bits per heavy atom. The quantitative estimate of drug-likeness (QED) is 0.798. The van der Waals surface area contributed by atoms with Crippen molar-refractivity contribution >= 4 is 27.7 Å². The van der Waals surface area contributed by atoms with Gasteiger partial charge in [-0.2, -0.15) is 5.10 Å². The first-order valence-electron chi connectivity index (χ1n) is 3.21. The summed E-state index contributed by atoms with van der Waals surface area (Å²) < 4.78 is 1.78. The fraction of sp³-hybridized carbons (Fsp3) is 0.333. The summed E-state index contributed by atoms with van der Waals surface area (Å²) in [7, 11) is 3.26. The van der Waals surface area contributed by atoms with Crippen molar-refractivity contribution in [3.05, 3.63) is 10.2 Å². The van der Waals surface area contributed by atoms with E-state index in [4.69, 9.17) is 5.11 Å². The lowest BCUT2D eigenvalue weighted by molar-refractivity contribution is 0.0684. The Bertz CT molecular complexity index is 321. The van der Waals surface area contributed by atoms with Crippen LogP contribution < -0.4 is 5.32 Å². The Balaban J connectivity index is 3.28. The number of anilines is 1. The largest absolute Gasteiger partial charge is 0.476 e. The van der Waals surface area contributed by atoms with Crippen molar-refractivity contribution < 1.29 is 9.90 Å². The number of carbonyl (C=O) groups is 1. The molecule has 0 aliphatic heterocycles. The average Bonchev–Trinajstić information content (AvgIpc) is 2.25. The smallest absolute Gasteiger partial charge is 0.355 e. The Kier molecular flexibility index (Phi) is 2.37. The third-order valence-electron chi connectivity index (χ3n) is 1.43. The van der Waals surface area contributed by atoms with Crippen LogP contribution in [0.4, 0.5) is 5.82 Å². The van der Waals surface area contributed by atoms with E-state index < -0.39 is 5.97 Å². The normalized spacial score (nSPS) is 9.92. The summed E-state index contributed by atoms with van der Waals surface area (Å²) in [6, 6.07) is 0. The van der Waals surface area contributed by atoms with Crippen LogP contribution in [-0.4, -0.2) is 27.9 Å². The van der Waals surface area contributed by atoms with Gasteiger partial charge in [-0.05, 0) is 15.9 Å². The molecule has 1 heterocycles. The topological polar surface area (TPSA) is 67.2 Å². The third kappa shape index (κ3) is 1.29. The van der Waals surface area contributed by atoms with E-state index in [0.29, 0.717) is 10.3 Å². The summed E-state index contributed by atoms with van der Waals surface area (Å²) in [6.45, 7) is 0. The predicted octanol–water partition coefficient (Wildman–Crippen LogP) is 0.922. The van der Waals surface area contributed by atoms with Gasteiger partial charge in [0.05, 0.1) is 4.47 Å². The molecule has 5 nitrogen and oxygen atoms in total. The Morgan fingerprint density at radius 1 is 1.75 bits per heavy atom. The van der Waals surface area contributed by atoms with Gasteiger partial charge in [0.2, 0.25) is 0 Å². The molecule has 0 unspecified atom stereocenters. The highest BCUT2D eigenvalue weighted by Gasteiger charge is 2.18. The second-order valence-corrected chi connectivity index (χ2v) is 2.98. The molecule has 0 aliphatic rings. The molecule has 0 aromatic carbocycles. The lowest BCUT2D eigenvalue weighted by atomic mass is 10.4. The Labute approximate surface area is 77.5 Å². The van der Waals surface area contributed by atoms with Crippen LogP contribution in [0.2, 0.25) is 0 Å². The van der Waals surface area contributed by atoms with Gasteiger partial charge in [0.15, 0.2) is 11.5 Å². The molecular formula is C6H8BrN3O2. The summed E-state index contributed by atoms with van der Waals surface area (Å²) in [6.07, 6.45) is 0. The highest BCUT2D eigenvalue weighted by atomic mass is 79.9. The second kappa shape index (κ2) is 3.14. The first kappa shape index (κ1) is 9.05. The van der Waals surface area contributed by atoms with Gasteiger partial charge in [-0.25, -0.2) is 4.79 Å². The lowest BCUT2D eigenvalue weighted by Gasteiger charge is -1.93. The van der Waals surface area contributed by atoms with Gasteiger partial charge >= 0.3 is 5.97 Å². The molecule has 0 saturated heterocycles. The van der Waals surface area contributed by atoms with Crippen molar-refractivity contribution in [1.82, 2.24) is 9.78 Å². The van der Waals surface area contributed by atoms with E-state index in [9.17, 15) is 4.79 Å². The van der Waals surface area contributed by atoms with E-state index in [2.05, 4.69) is 26.3 Å². The van der Waals surface area contributed by atoms with Crippen LogP contribution in [0.5, 0.6) is 0 Å². The van der Waals surface area contributed by atoms with Crippen molar-refractivity contribution in [2.24, 2.45) is 7.05 Å². The Hall–Kier alpha value is -1.04. The first-order chi connectivity index (χ1) is 5.57. The van der Waals surface area contributed by atoms with Crippen LogP contribution >= 0.6 is 15.9 Å². The molecule has 2 N–H and O–H groups in total. The minimum Gasteiger partial charge on any atom is -0.476 e. The molecule has 0 spiro atoms. The maximum Gasteiger partial charge on any atom is 0.355 e. The number of carboxylic acid groups (broad SMARTS) is 1. The van der Waals surface area contributed by atoms with E-state index in [-0.39, 0.29) is 5.69 Å². The van der Waals surface area contributed by atoms with Gasteiger partial charge in [-0.3, -0.25) is 4.68 Å². The summed E-state index contributed by atoms with van der Waals surface area (Å²) in [5, 5.41) is 15.4. The number of aryl methyl sites for hydroxylation is 1. The van der Waals surface area contributed by atoms with Gasteiger partial charge in [-0.1, -0.05) is 0 Å². The number of nitrogens with zero attached hydrogens (tertiary/aromatic N) is 2. The van der Waals surface area contributed by atoms with E-state index in [1.807, 2.05) is 0 Å². The van der Waals surface area contributed by atoms with Crippen molar-refractivity contribution in [3.63, 3.8) is 0 Å². The van der Waals surface area contributed by atoms with Gasteiger partial charge in [-0.15, -0.1) is 0 Å². The Morgan fingerprint density at radius 3 is 2.58 bits per heavy atom. The van der Waals surface area contributed by atoms with Crippen LogP contribution in [0.3, 0.4) is 0 Å². The van der Waals surface area contributed by atoms with Crippen molar-refractivity contribution in [1.29, 1.82) is 0 Å². The van der Waals surface area contributed by atoms with E-state index in [0.717, 1.165) is 0 Å². The SMILES string of the molecule is CNc1nn(C)c(C(=O)O)c1Br. The fourth-order valence-electron chi connectivity index (χ4n) is 0.890. The molecule has 12 heavy (non-hydrogen) atoms. The summed E-state index contributed by atoms with van der Waals surface area (Å²) >= 11 is 3.14. The average molecular weight is 234 g/mol. The van der Waals surface area contributed by atoms with Gasteiger partial charge in [0.1, 0.15) is 0 Å². The monoisotopic (exact) mass is 233 g/mol. The number of halogens is 1. The molecule has 0 bridgehead atoms. The number of hydrogen-bond acceptors (Lipinski definition) is 3. The van der Waals surface area contributed by atoms with Crippen LogP contribution in [0.15, 0.2) is 4.47 Å². The lowest BCUT2D eigenvalue weighted by Crippen LogP contribution is -2.05. The van der Waals surface area contributed by atoms with Crippen LogP contribution in [-0.2, 0) is 7.05 Å². The zero-order valence-electron chi connectivity index (χ0n) is 6.63. The molecule has 0 atom stereocenters. The predicted molar refractivity (Wildman–Crippen MR) is 47.4 cm³/mol. The van der Waals surface area contributed by atoms with Gasteiger partial charge < -0.3 is 10.4 Å². The van der Waals surface area contributed by atoms with Crippen molar-refractivity contribution in [2.45, 2.75) is 0 Å². The highest BCUT2D eigenvalue weighted by Crippen LogP contribution is 2.24. The van der Waals surface area contributed by atoms with E-state index in [1.165, 1.54) is 4.68 Å². The maximum absolute atomic E-state index is 10.7. The zero-order chi connectivity index (χ0) is 9.30. The molecule has 66 valence electrons. The summed E-state index contributed by atoms with van der Waals surface area (Å²) in [5.41, 5.74) is 0.138. The summed E-state index contributed by atoms with van der Waals surface area (Å²) in [4.78, 5) is 10.7. The number of rotatable bonds is 2. The molecule has 0 amide bonds. The van der Waals surface area contributed by atoms with Gasteiger partial charge in [0.25, 0.3) is 0 Å². The number of carboxylic acids is 1. The molecule has 0 fully saturated rings. The standard InChI is InChI=1S/C6H8BrN3O2/c1-8-5-3(7)4(6(11)12)10(2)9-5/h1-2H3,(H,8,9)(H,11,12). The molecule has 0 saturated carbocycles. The van der Waals surface area contributed by atoms with Crippen LogP contribution in [0.1, 0.15) is 10.5 Å². The van der Waals surface area contributed by atoms with Crippen LogP contribution in [0.25, 0.3) is 0 Å². The number of hydrogen-bond donors (Lipinski definition) is 2. The minimum absolute atomic E-state index is 0.138. The molecular weight excluding hydrogens is 226 g/mol. The van der Waals surface area contributed by atoms with Crippen molar-refractivity contribution in [3.8, 4) is 0 Å². The number of nitrogens with one attached hydrogen (secondary N) is 1. The first-order valence-corrected chi connectivity index (χ1v) is 4.00. The molecule has 6 heteroatoms. The maximum atomic E-state index is 10.7. The molecule has 0 radical (unpaired) electrons. The molecule has 1 aromatic heterocycles. The minimum atomic E-state index is -1.00. The van der Waals surface area contributed by atoms with Crippen molar-refractivity contribution in [2.75, 3.05) is 12.4 Å². The van der Waals surface area contributed by atoms with Gasteiger partial charge in [0, 0.05) is 14.1 Å². The molecule has 1 rings (SSSR count). The molecule has 1 aromatic rings.